The maximum absolute atomic E-state index is 10.0. The second kappa shape index (κ2) is 7.85. The summed E-state index contributed by atoms with van der Waals surface area (Å²) < 4.78 is 0. The summed E-state index contributed by atoms with van der Waals surface area (Å²) in [6, 6.07) is 11.4. The van der Waals surface area contributed by atoms with E-state index in [9.17, 15) is 4.79 Å². The first-order valence-corrected chi connectivity index (χ1v) is 9.25. The molecule has 0 aliphatic rings. The van der Waals surface area contributed by atoms with E-state index >= 15 is 0 Å². The molecule has 0 amide bonds. The topological polar surface area (TPSA) is 37.3 Å². The Kier molecular flexibility index (Phi) is 8.67. The molecule has 0 saturated heterocycles. The molecule has 0 radical (unpaired) electrons. The minimum absolute atomic E-state index is 0. The smallest absolute Gasteiger partial charge is 0.308 e. The zero-order chi connectivity index (χ0) is 13.7. The summed E-state index contributed by atoms with van der Waals surface area (Å²) in [5, 5.41) is 9.76. The Bertz CT molecular complexity index is 350. The van der Waals surface area contributed by atoms with Crippen LogP contribution < -0.4 is 5.19 Å². The van der Waals surface area contributed by atoms with Gasteiger partial charge in [-0.1, -0.05) is 19.6 Å². The third-order valence-electron chi connectivity index (χ3n) is 2.23. The van der Waals surface area contributed by atoms with Gasteiger partial charge in [0.05, 0.1) is 13.5 Å². The fraction of sp³-hybridized carbons (Fsp3) is 0.500. The van der Waals surface area contributed by atoms with E-state index in [4.69, 9.17) is 5.11 Å². The predicted molar refractivity (Wildman–Crippen MR) is 75.3 cm³/mol. The minimum atomic E-state index is -1.05. The van der Waals surface area contributed by atoms with Crippen LogP contribution in [0.3, 0.4) is 0 Å². The van der Waals surface area contributed by atoms with Crippen molar-refractivity contribution in [2.45, 2.75) is 40.4 Å². The van der Waals surface area contributed by atoms with Crippen molar-refractivity contribution in [1.29, 1.82) is 0 Å². The van der Waals surface area contributed by atoms with Gasteiger partial charge in [0.15, 0.2) is 0 Å². The monoisotopic (exact) mass is 315 g/mol. The molecule has 2 nitrogen and oxygen atoms in total. The number of benzene rings is 1. The van der Waals surface area contributed by atoms with Gasteiger partial charge in [0, 0.05) is 19.5 Å². The third kappa shape index (κ3) is 8.60. The molecule has 0 aliphatic carbocycles. The first kappa shape index (κ1) is 19.9. The van der Waals surface area contributed by atoms with Crippen LogP contribution in [0.2, 0.25) is 19.6 Å². The van der Waals surface area contributed by atoms with Gasteiger partial charge in [0.25, 0.3) is 0 Å². The van der Waals surface area contributed by atoms with Crippen LogP contribution in [0.4, 0.5) is 0 Å². The summed E-state index contributed by atoms with van der Waals surface area (Å²) >= 11 is 0. The molecule has 0 heterocycles. The molecule has 0 spiro atoms. The molecule has 0 unspecified atom stereocenters. The van der Waals surface area contributed by atoms with Crippen LogP contribution >= 0.6 is 0 Å². The maximum Gasteiger partial charge on any atom is 0.308 e. The molecule has 0 atom stereocenters. The van der Waals surface area contributed by atoms with Crippen molar-refractivity contribution in [3.8, 4) is 0 Å². The van der Waals surface area contributed by atoms with Crippen molar-refractivity contribution in [1.82, 2.24) is 0 Å². The molecule has 0 aromatic heterocycles. The summed E-state index contributed by atoms with van der Waals surface area (Å²) in [5.74, 6) is -0.757. The van der Waals surface area contributed by atoms with E-state index in [1.54, 1.807) is 20.8 Å². The van der Waals surface area contributed by atoms with Gasteiger partial charge in [-0.05, 0) is 20.8 Å². The minimum Gasteiger partial charge on any atom is -0.481 e. The van der Waals surface area contributed by atoms with Crippen LogP contribution in [-0.2, 0) is 24.3 Å². The van der Waals surface area contributed by atoms with E-state index in [2.05, 4.69) is 37.8 Å². The van der Waals surface area contributed by atoms with Gasteiger partial charge in [-0.2, -0.15) is 35.5 Å². The summed E-state index contributed by atoms with van der Waals surface area (Å²) in [6.07, 6.45) is 0. The summed E-state index contributed by atoms with van der Waals surface area (Å²) in [7, 11) is -1.05. The Morgan fingerprint density at radius 3 is 1.67 bits per heavy atom. The van der Waals surface area contributed by atoms with Gasteiger partial charge < -0.3 is 5.11 Å². The summed E-state index contributed by atoms with van der Waals surface area (Å²) in [4.78, 5) is 10.0. The predicted octanol–water partition coefficient (Wildman–Crippen LogP) is 3.15. The van der Waals surface area contributed by atoms with Crippen molar-refractivity contribution in [3.63, 3.8) is 0 Å². The van der Waals surface area contributed by atoms with Crippen molar-refractivity contribution < 1.29 is 29.4 Å². The Hall–Kier alpha value is -0.470. The average molecular weight is 317 g/mol. The van der Waals surface area contributed by atoms with Crippen molar-refractivity contribution in [3.05, 3.63) is 30.3 Å². The summed E-state index contributed by atoms with van der Waals surface area (Å²) in [5.41, 5.74) is -0.583. The molecule has 0 fully saturated rings. The van der Waals surface area contributed by atoms with Crippen LogP contribution in [0.1, 0.15) is 20.8 Å². The number of hydrogen-bond acceptors (Lipinski definition) is 1. The van der Waals surface area contributed by atoms with Crippen LogP contribution in [0, 0.1) is 11.5 Å². The maximum atomic E-state index is 10.0. The molecule has 0 saturated carbocycles. The molecule has 4 heteroatoms. The number of carbonyl (C=O) groups is 1. The van der Waals surface area contributed by atoms with Gasteiger partial charge in [-0.3, -0.25) is 4.79 Å². The van der Waals surface area contributed by atoms with Crippen molar-refractivity contribution in [2.24, 2.45) is 5.41 Å². The van der Waals surface area contributed by atoms with Crippen LogP contribution in [0.25, 0.3) is 0 Å². The number of carboxylic acid groups (broad SMARTS) is 1. The quantitative estimate of drug-likeness (QED) is 0.638. The Labute approximate surface area is 125 Å². The number of rotatable bonds is 1. The van der Waals surface area contributed by atoms with E-state index in [-0.39, 0.29) is 19.5 Å². The fourth-order valence-corrected chi connectivity index (χ4v) is 2.05. The molecule has 0 bridgehead atoms. The van der Waals surface area contributed by atoms with Crippen LogP contribution in [0.15, 0.2) is 24.3 Å². The molecular formula is C14H23O2SiZn-. The molecule has 18 heavy (non-hydrogen) atoms. The fourth-order valence-electron chi connectivity index (χ4n) is 0.887. The second-order valence-electron chi connectivity index (χ2n) is 6.09. The number of hydrogen-bond donors (Lipinski definition) is 1. The molecule has 1 aromatic rings. The number of carboxylic acids is 1. The van der Waals surface area contributed by atoms with Crippen molar-refractivity contribution in [2.75, 3.05) is 0 Å². The van der Waals surface area contributed by atoms with Gasteiger partial charge >= 0.3 is 5.97 Å². The third-order valence-corrected chi connectivity index (χ3v) is 4.29. The Morgan fingerprint density at radius 2 is 1.50 bits per heavy atom. The molecule has 98 valence electrons. The second-order valence-corrected chi connectivity index (χ2v) is 11.2. The molecule has 1 aromatic carbocycles. The normalized spacial score (nSPS) is 10.8. The average Bonchev–Trinajstić information content (AvgIpc) is 2.17. The first-order valence-electron chi connectivity index (χ1n) is 5.75. The van der Waals surface area contributed by atoms with E-state index in [1.807, 2.05) is 12.1 Å². The Morgan fingerprint density at radius 1 is 1.17 bits per heavy atom. The van der Waals surface area contributed by atoms with Crippen molar-refractivity contribution >= 4 is 19.2 Å². The van der Waals surface area contributed by atoms with Gasteiger partial charge in [-0.25, -0.2) is 0 Å². The van der Waals surface area contributed by atoms with Gasteiger partial charge in [0.2, 0.25) is 0 Å². The van der Waals surface area contributed by atoms with Crippen LogP contribution in [0.5, 0.6) is 0 Å². The van der Waals surface area contributed by atoms with E-state index < -0.39 is 19.5 Å². The summed E-state index contributed by atoms with van der Waals surface area (Å²) in [6.45, 7) is 12.0. The number of aliphatic carboxylic acids is 1. The molecule has 1 rings (SSSR count). The Balaban J connectivity index is 0. The molecular weight excluding hydrogens is 294 g/mol. The molecule has 0 aliphatic heterocycles. The standard InChI is InChI=1S/C9H13Si.C5H10O2.Zn/c1-10(2,3)9-7-5-4-6-8-9;1-5(2,3)4(6)7;/h5-8H,1-3H3;1-3H3,(H,6,7);/q-1;;. The first-order chi connectivity index (χ1) is 7.55. The zero-order valence-corrected chi connectivity index (χ0v) is 16.3. The zero-order valence-electron chi connectivity index (χ0n) is 12.4. The largest absolute Gasteiger partial charge is 0.481 e. The van der Waals surface area contributed by atoms with E-state index in [1.165, 1.54) is 5.19 Å². The van der Waals surface area contributed by atoms with Gasteiger partial charge in [0.1, 0.15) is 0 Å². The molecule has 1 N–H and O–H groups in total. The van der Waals surface area contributed by atoms with Crippen LogP contribution in [-0.4, -0.2) is 19.1 Å². The van der Waals surface area contributed by atoms with E-state index in [0.717, 1.165) is 0 Å². The van der Waals surface area contributed by atoms with E-state index in [0.29, 0.717) is 0 Å². The SMILES string of the molecule is CC(C)(C)C(=O)O.C[Si](C)(C)c1cc[c-]cc1.[Zn]. The van der Waals surface area contributed by atoms with Gasteiger partial charge in [-0.15, -0.1) is 0 Å².